The molecule has 0 saturated carbocycles. The van der Waals surface area contributed by atoms with Gasteiger partial charge in [0.2, 0.25) is 0 Å². The summed E-state index contributed by atoms with van der Waals surface area (Å²) in [7, 11) is -4.27. The number of anilines is 1. The Morgan fingerprint density at radius 3 is 2.67 bits per heavy atom. The van der Waals surface area contributed by atoms with Crippen molar-refractivity contribution in [1.29, 1.82) is 0 Å². The molecule has 2 rings (SSSR count). The first-order valence-electron chi connectivity index (χ1n) is 5.21. The molecule has 0 spiro atoms. The number of aryl methyl sites for hydroxylation is 1. The summed E-state index contributed by atoms with van der Waals surface area (Å²) in [6.45, 7) is 1.36. The molecule has 12 heteroatoms. The molecule has 0 amide bonds. The molecule has 0 saturated heterocycles. The number of carbonyl (C=O) groups is 1. The minimum Gasteiger partial charge on any atom is -0.476 e. The van der Waals surface area contributed by atoms with Crippen LogP contribution in [-0.4, -0.2) is 39.7 Å². The minimum absolute atomic E-state index is 0.0520. The van der Waals surface area contributed by atoms with Gasteiger partial charge in [0.05, 0.1) is 5.69 Å². The maximum atomic E-state index is 12.3. The van der Waals surface area contributed by atoms with Crippen molar-refractivity contribution >= 4 is 45.0 Å². The standard InChI is InChI=1S/C9H7Cl2N5O4S/c1-3-6(5(9(17)18)15-14-3)21(19,20)16-8-4(10)7(11)12-2-13-8/h2H,1H3,(H,14,15)(H,17,18)(H,12,13,16). The minimum atomic E-state index is -4.27. The second-order valence-corrected chi connectivity index (χ2v) is 6.12. The van der Waals surface area contributed by atoms with E-state index in [-0.39, 0.29) is 21.7 Å². The highest BCUT2D eigenvalue weighted by molar-refractivity contribution is 7.92. The Balaban J connectivity index is 2.51. The van der Waals surface area contributed by atoms with Crippen molar-refractivity contribution in [3.63, 3.8) is 0 Å². The van der Waals surface area contributed by atoms with Gasteiger partial charge in [0.1, 0.15) is 16.2 Å². The number of nitrogens with one attached hydrogen (secondary N) is 2. The Hall–Kier alpha value is -1.91. The second kappa shape index (κ2) is 5.47. The number of H-pyrrole nitrogens is 1. The largest absolute Gasteiger partial charge is 0.476 e. The van der Waals surface area contributed by atoms with Gasteiger partial charge in [-0.3, -0.25) is 9.82 Å². The fraction of sp³-hybridized carbons (Fsp3) is 0.111. The van der Waals surface area contributed by atoms with E-state index in [1.54, 1.807) is 0 Å². The molecule has 9 nitrogen and oxygen atoms in total. The predicted molar refractivity (Wildman–Crippen MR) is 73.1 cm³/mol. The highest BCUT2D eigenvalue weighted by Crippen LogP contribution is 2.28. The average Bonchev–Trinajstić information content (AvgIpc) is 2.78. The Labute approximate surface area is 128 Å². The fourth-order valence-electron chi connectivity index (χ4n) is 1.49. The lowest BCUT2D eigenvalue weighted by molar-refractivity contribution is 0.0686. The molecule has 2 heterocycles. The number of aromatic carboxylic acids is 1. The van der Waals surface area contributed by atoms with E-state index in [0.29, 0.717) is 0 Å². The van der Waals surface area contributed by atoms with E-state index in [1.807, 2.05) is 4.72 Å². The molecule has 21 heavy (non-hydrogen) atoms. The Morgan fingerprint density at radius 1 is 1.38 bits per heavy atom. The lowest BCUT2D eigenvalue weighted by atomic mass is 10.4. The zero-order valence-electron chi connectivity index (χ0n) is 10.3. The summed E-state index contributed by atoms with van der Waals surface area (Å²) in [5, 5.41) is 14.3. The van der Waals surface area contributed by atoms with Crippen LogP contribution in [0.15, 0.2) is 11.2 Å². The van der Waals surface area contributed by atoms with Gasteiger partial charge in [-0.25, -0.2) is 23.2 Å². The van der Waals surface area contributed by atoms with Crippen LogP contribution in [0.1, 0.15) is 16.2 Å². The van der Waals surface area contributed by atoms with E-state index in [4.69, 9.17) is 28.3 Å². The molecule has 112 valence electrons. The van der Waals surface area contributed by atoms with Crippen molar-refractivity contribution in [3.8, 4) is 0 Å². The number of halogens is 2. The second-order valence-electron chi connectivity index (χ2n) is 3.76. The van der Waals surface area contributed by atoms with Crippen molar-refractivity contribution < 1.29 is 18.3 Å². The molecule has 0 aliphatic heterocycles. The van der Waals surface area contributed by atoms with Gasteiger partial charge < -0.3 is 5.11 Å². The molecule has 0 radical (unpaired) electrons. The van der Waals surface area contributed by atoms with Crippen LogP contribution < -0.4 is 4.72 Å². The summed E-state index contributed by atoms with van der Waals surface area (Å²) in [5.74, 6) is -1.76. The number of sulfonamides is 1. The van der Waals surface area contributed by atoms with Crippen LogP contribution in [0.25, 0.3) is 0 Å². The van der Waals surface area contributed by atoms with Gasteiger partial charge in [-0.15, -0.1) is 0 Å². The fourth-order valence-corrected chi connectivity index (χ4v) is 3.17. The van der Waals surface area contributed by atoms with Crippen LogP contribution in [0.2, 0.25) is 10.2 Å². The summed E-state index contributed by atoms with van der Waals surface area (Å²) in [4.78, 5) is 17.7. The maximum absolute atomic E-state index is 12.3. The first kappa shape index (κ1) is 15.5. The van der Waals surface area contributed by atoms with Gasteiger partial charge in [0, 0.05) is 0 Å². The summed E-state index contributed by atoms with van der Waals surface area (Å²) in [6.07, 6.45) is 1.01. The maximum Gasteiger partial charge on any atom is 0.357 e. The zero-order chi connectivity index (χ0) is 15.8. The highest BCUT2D eigenvalue weighted by Gasteiger charge is 2.29. The molecular formula is C9H7Cl2N5O4S. The Bertz CT molecular complexity index is 820. The number of nitrogens with zero attached hydrogens (tertiary/aromatic N) is 3. The highest BCUT2D eigenvalue weighted by atomic mass is 35.5. The Kier molecular flexibility index (Phi) is 4.03. The van der Waals surface area contributed by atoms with Gasteiger partial charge in [-0.2, -0.15) is 5.10 Å². The van der Waals surface area contributed by atoms with E-state index in [9.17, 15) is 13.2 Å². The number of hydrogen-bond donors (Lipinski definition) is 3. The summed E-state index contributed by atoms with van der Waals surface area (Å²) in [6, 6.07) is 0. The van der Waals surface area contributed by atoms with Gasteiger partial charge in [0.25, 0.3) is 10.0 Å². The van der Waals surface area contributed by atoms with Crippen LogP contribution in [0.5, 0.6) is 0 Å². The molecule has 3 N–H and O–H groups in total. The van der Waals surface area contributed by atoms with E-state index in [0.717, 1.165) is 6.33 Å². The van der Waals surface area contributed by atoms with Crippen LogP contribution in [-0.2, 0) is 10.0 Å². The third-order valence-corrected chi connectivity index (χ3v) is 4.58. The van der Waals surface area contributed by atoms with Crippen LogP contribution in [0, 0.1) is 6.92 Å². The predicted octanol–water partition coefficient (Wildman–Crippen LogP) is 1.31. The molecule has 0 aliphatic carbocycles. The Morgan fingerprint density at radius 2 is 2.05 bits per heavy atom. The van der Waals surface area contributed by atoms with E-state index < -0.39 is 26.6 Å². The van der Waals surface area contributed by atoms with Gasteiger partial charge in [-0.05, 0) is 6.92 Å². The first-order valence-corrected chi connectivity index (χ1v) is 7.45. The number of rotatable bonds is 4. The van der Waals surface area contributed by atoms with Crippen LogP contribution in [0.4, 0.5) is 5.82 Å². The van der Waals surface area contributed by atoms with Gasteiger partial charge in [-0.1, -0.05) is 23.2 Å². The number of carboxylic acid groups (broad SMARTS) is 1. The quantitative estimate of drug-likeness (QED) is 0.705. The average molecular weight is 352 g/mol. The molecule has 0 atom stereocenters. The molecule has 0 aromatic carbocycles. The van der Waals surface area contributed by atoms with Crippen molar-refractivity contribution in [2.24, 2.45) is 0 Å². The SMILES string of the molecule is Cc1[nH]nc(C(=O)O)c1S(=O)(=O)Nc1ncnc(Cl)c1Cl. The normalized spacial score (nSPS) is 11.4. The smallest absolute Gasteiger partial charge is 0.357 e. The van der Waals surface area contributed by atoms with E-state index in [1.165, 1.54) is 6.92 Å². The van der Waals surface area contributed by atoms with Crippen LogP contribution >= 0.6 is 23.2 Å². The molecule has 0 unspecified atom stereocenters. The lowest BCUT2D eigenvalue weighted by Gasteiger charge is -2.08. The summed E-state index contributed by atoms with van der Waals surface area (Å²) < 4.78 is 26.6. The monoisotopic (exact) mass is 351 g/mol. The number of carboxylic acids is 1. The van der Waals surface area contributed by atoms with Crippen molar-refractivity contribution in [2.45, 2.75) is 11.8 Å². The lowest BCUT2D eigenvalue weighted by Crippen LogP contribution is -2.18. The topological polar surface area (TPSA) is 138 Å². The van der Waals surface area contributed by atoms with E-state index in [2.05, 4.69) is 20.2 Å². The van der Waals surface area contributed by atoms with Crippen molar-refractivity contribution in [1.82, 2.24) is 20.2 Å². The summed E-state index contributed by atoms with van der Waals surface area (Å²) in [5.41, 5.74) is -0.590. The van der Waals surface area contributed by atoms with E-state index >= 15 is 0 Å². The molecule has 0 fully saturated rings. The molecule has 0 aliphatic rings. The van der Waals surface area contributed by atoms with Crippen molar-refractivity contribution in [3.05, 3.63) is 27.9 Å². The number of aromatic nitrogens is 4. The molecule has 2 aromatic rings. The number of aromatic amines is 1. The van der Waals surface area contributed by atoms with Gasteiger partial charge in [0.15, 0.2) is 16.7 Å². The zero-order valence-corrected chi connectivity index (χ0v) is 12.6. The first-order chi connectivity index (χ1) is 9.74. The number of hydrogen-bond acceptors (Lipinski definition) is 6. The molecule has 0 bridgehead atoms. The molecule has 2 aromatic heterocycles. The van der Waals surface area contributed by atoms with Gasteiger partial charge >= 0.3 is 5.97 Å². The van der Waals surface area contributed by atoms with Crippen LogP contribution in [0.3, 0.4) is 0 Å². The third kappa shape index (κ3) is 2.91. The third-order valence-electron chi connectivity index (χ3n) is 2.34. The van der Waals surface area contributed by atoms with Crippen molar-refractivity contribution in [2.75, 3.05) is 4.72 Å². The molecular weight excluding hydrogens is 345 g/mol. The summed E-state index contributed by atoms with van der Waals surface area (Å²) >= 11 is 11.4.